The number of sulfonamides is 1. The molecule has 3 aromatic rings. The van der Waals surface area contributed by atoms with Crippen molar-refractivity contribution in [2.24, 2.45) is 0 Å². The average molecular weight is 635 g/mol. The highest BCUT2D eigenvalue weighted by Gasteiger charge is 2.34. The smallest absolute Gasteiger partial charge is 0.264 e. The van der Waals surface area contributed by atoms with Gasteiger partial charge in [-0.3, -0.25) is 13.9 Å². The van der Waals surface area contributed by atoms with E-state index in [-0.39, 0.29) is 34.1 Å². The van der Waals surface area contributed by atoms with Crippen molar-refractivity contribution in [2.75, 3.05) is 18.0 Å². The zero-order valence-electron chi connectivity index (χ0n) is 24.4. The Morgan fingerprint density at radius 3 is 2.19 bits per heavy atom. The van der Waals surface area contributed by atoms with E-state index in [0.717, 1.165) is 9.87 Å². The number of nitrogens with zero attached hydrogens (tertiary/aromatic N) is 2. The van der Waals surface area contributed by atoms with Crippen molar-refractivity contribution >= 4 is 50.7 Å². The van der Waals surface area contributed by atoms with Gasteiger partial charge in [-0.2, -0.15) is 0 Å². The maximum atomic E-state index is 14.2. The largest absolute Gasteiger partial charge is 0.495 e. The summed E-state index contributed by atoms with van der Waals surface area (Å²) in [5.74, 6) is -0.552. The number of rotatable bonds is 13. The van der Waals surface area contributed by atoms with Gasteiger partial charge in [-0.25, -0.2) is 8.42 Å². The lowest BCUT2D eigenvalue weighted by atomic mass is 10.1. The van der Waals surface area contributed by atoms with Crippen LogP contribution in [0, 0.1) is 6.92 Å². The van der Waals surface area contributed by atoms with Gasteiger partial charge in [0.25, 0.3) is 10.0 Å². The third-order valence-electron chi connectivity index (χ3n) is 7.00. The predicted molar refractivity (Wildman–Crippen MR) is 168 cm³/mol. The van der Waals surface area contributed by atoms with Crippen LogP contribution < -0.4 is 14.4 Å². The Labute approximate surface area is 258 Å². The topological polar surface area (TPSA) is 96.0 Å². The molecule has 3 aromatic carbocycles. The lowest BCUT2D eigenvalue weighted by Gasteiger charge is -2.34. The van der Waals surface area contributed by atoms with Crippen molar-refractivity contribution in [1.82, 2.24) is 10.2 Å². The van der Waals surface area contributed by atoms with Crippen LogP contribution in [-0.4, -0.2) is 50.9 Å². The molecule has 0 aliphatic heterocycles. The van der Waals surface area contributed by atoms with Gasteiger partial charge < -0.3 is 15.0 Å². The molecule has 0 saturated heterocycles. The fourth-order valence-corrected chi connectivity index (χ4v) is 6.20. The van der Waals surface area contributed by atoms with Crippen LogP contribution >= 0.6 is 23.2 Å². The van der Waals surface area contributed by atoms with Gasteiger partial charge in [0.05, 0.1) is 22.7 Å². The first-order valence-electron chi connectivity index (χ1n) is 13.7. The summed E-state index contributed by atoms with van der Waals surface area (Å²) in [5.41, 5.74) is 1.68. The van der Waals surface area contributed by atoms with Gasteiger partial charge in [-0.15, -0.1) is 0 Å². The second-order valence-electron chi connectivity index (χ2n) is 10.00. The highest BCUT2D eigenvalue weighted by molar-refractivity contribution is 7.92. The standard InChI is InChI=1S/C31H37Cl2N3O5S/c1-6-22(4)34-31(38)28(7-2)35(19-23-10-8-9-11-26(23)32)30(37)20-36(24-14-17-29(41-5)27(33)18-24)42(39,40)25-15-12-21(3)13-16-25/h8-18,22,28H,6-7,19-20H2,1-5H3,(H,34,38)/t22-,28-/m1/s1. The Morgan fingerprint density at radius 2 is 1.62 bits per heavy atom. The van der Waals surface area contributed by atoms with E-state index in [1.165, 1.54) is 42.3 Å². The molecule has 0 aliphatic rings. The van der Waals surface area contributed by atoms with E-state index in [1.807, 2.05) is 20.8 Å². The summed E-state index contributed by atoms with van der Waals surface area (Å²) < 4.78 is 34.3. The van der Waals surface area contributed by atoms with Crippen molar-refractivity contribution in [3.05, 3.63) is 87.9 Å². The Kier molecular flexibility index (Phi) is 11.7. The maximum absolute atomic E-state index is 14.2. The second kappa shape index (κ2) is 14.8. The number of hydrogen-bond donors (Lipinski definition) is 1. The number of benzene rings is 3. The molecule has 42 heavy (non-hydrogen) atoms. The lowest BCUT2D eigenvalue weighted by Crippen LogP contribution is -2.53. The molecule has 2 amide bonds. The van der Waals surface area contributed by atoms with Gasteiger partial charge in [-0.05, 0) is 68.7 Å². The molecular formula is C31H37Cl2N3O5S. The SMILES string of the molecule is CC[C@@H](C)NC(=O)[C@@H](CC)N(Cc1ccccc1Cl)C(=O)CN(c1ccc(OC)c(Cl)c1)S(=O)(=O)c1ccc(C)cc1. The monoisotopic (exact) mass is 633 g/mol. The van der Waals surface area contributed by atoms with Gasteiger partial charge in [0.15, 0.2) is 0 Å². The molecule has 3 rings (SSSR count). The van der Waals surface area contributed by atoms with Crippen molar-refractivity contribution in [3.8, 4) is 5.75 Å². The van der Waals surface area contributed by atoms with E-state index in [1.54, 1.807) is 43.3 Å². The van der Waals surface area contributed by atoms with Crippen LogP contribution in [0.3, 0.4) is 0 Å². The number of ether oxygens (including phenoxy) is 1. The van der Waals surface area contributed by atoms with E-state index in [0.29, 0.717) is 29.2 Å². The van der Waals surface area contributed by atoms with Gasteiger partial charge in [0, 0.05) is 17.6 Å². The fourth-order valence-electron chi connectivity index (χ4n) is 4.35. The molecule has 1 N–H and O–H groups in total. The minimum Gasteiger partial charge on any atom is -0.495 e. The van der Waals surface area contributed by atoms with Gasteiger partial charge in [-0.1, -0.05) is 72.9 Å². The van der Waals surface area contributed by atoms with Crippen LogP contribution in [0.15, 0.2) is 71.6 Å². The molecule has 0 aromatic heterocycles. The number of amides is 2. The van der Waals surface area contributed by atoms with Crippen LogP contribution in [0.2, 0.25) is 10.0 Å². The van der Waals surface area contributed by atoms with E-state index in [4.69, 9.17) is 27.9 Å². The first-order valence-corrected chi connectivity index (χ1v) is 15.9. The lowest BCUT2D eigenvalue weighted by molar-refractivity contribution is -0.140. The predicted octanol–water partition coefficient (Wildman–Crippen LogP) is 6.23. The number of methoxy groups -OCH3 is 1. The van der Waals surface area contributed by atoms with Gasteiger partial charge in [0.2, 0.25) is 11.8 Å². The molecule has 0 spiro atoms. The van der Waals surface area contributed by atoms with Crippen LogP contribution in [0.25, 0.3) is 0 Å². The minimum atomic E-state index is -4.23. The maximum Gasteiger partial charge on any atom is 0.264 e. The van der Waals surface area contributed by atoms with Gasteiger partial charge >= 0.3 is 0 Å². The molecule has 0 unspecified atom stereocenters. The second-order valence-corrected chi connectivity index (χ2v) is 12.7. The molecule has 226 valence electrons. The van der Waals surface area contributed by atoms with Crippen LogP contribution in [0.4, 0.5) is 5.69 Å². The summed E-state index contributed by atoms with van der Waals surface area (Å²) in [5, 5.41) is 3.56. The Morgan fingerprint density at radius 1 is 0.952 bits per heavy atom. The summed E-state index contributed by atoms with van der Waals surface area (Å²) in [4.78, 5) is 29.0. The number of anilines is 1. The summed E-state index contributed by atoms with van der Waals surface area (Å²) in [7, 11) is -2.78. The molecule has 11 heteroatoms. The molecule has 0 aliphatic carbocycles. The third kappa shape index (κ3) is 7.96. The molecule has 2 atom stereocenters. The average Bonchev–Trinajstić information content (AvgIpc) is 2.96. The molecule has 0 radical (unpaired) electrons. The molecule has 0 heterocycles. The highest BCUT2D eigenvalue weighted by Crippen LogP contribution is 2.32. The van der Waals surface area contributed by atoms with Crippen molar-refractivity contribution in [3.63, 3.8) is 0 Å². The fraction of sp³-hybridized carbons (Fsp3) is 0.355. The van der Waals surface area contributed by atoms with E-state index in [9.17, 15) is 18.0 Å². The van der Waals surface area contributed by atoms with Crippen LogP contribution in [0.1, 0.15) is 44.7 Å². The number of nitrogens with one attached hydrogen (secondary N) is 1. The first kappa shape index (κ1) is 33.2. The Balaban J connectivity index is 2.11. The van der Waals surface area contributed by atoms with E-state index >= 15 is 0 Å². The molecule has 8 nitrogen and oxygen atoms in total. The molecular weight excluding hydrogens is 597 g/mol. The Bertz CT molecular complexity index is 1500. The number of aryl methyl sites for hydroxylation is 1. The summed E-state index contributed by atoms with van der Waals surface area (Å²) in [6.45, 7) is 6.91. The molecule has 0 fully saturated rings. The summed E-state index contributed by atoms with van der Waals surface area (Å²) >= 11 is 12.8. The van der Waals surface area contributed by atoms with E-state index in [2.05, 4.69) is 5.32 Å². The van der Waals surface area contributed by atoms with Crippen molar-refractivity contribution in [2.45, 2.75) is 64.1 Å². The number of halogens is 2. The van der Waals surface area contributed by atoms with Crippen LogP contribution in [0.5, 0.6) is 5.75 Å². The first-order chi connectivity index (χ1) is 19.9. The zero-order chi connectivity index (χ0) is 31.0. The summed E-state index contributed by atoms with van der Waals surface area (Å²) in [6, 6.07) is 16.9. The highest BCUT2D eigenvalue weighted by atomic mass is 35.5. The van der Waals surface area contributed by atoms with Crippen molar-refractivity contribution < 1.29 is 22.7 Å². The summed E-state index contributed by atoms with van der Waals surface area (Å²) in [6.07, 6.45) is 1.01. The normalized spacial score (nSPS) is 12.7. The number of hydrogen-bond acceptors (Lipinski definition) is 5. The van der Waals surface area contributed by atoms with E-state index < -0.39 is 28.5 Å². The molecule has 0 saturated carbocycles. The Hall–Kier alpha value is -3.27. The molecule has 0 bridgehead atoms. The quantitative estimate of drug-likeness (QED) is 0.241. The third-order valence-corrected chi connectivity index (χ3v) is 9.45. The number of carbonyl (C=O) groups excluding carboxylic acids is 2. The minimum absolute atomic E-state index is 0.00653. The van der Waals surface area contributed by atoms with Gasteiger partial charge in [0.1, 0.15) is 18.3 Å². The van der Waals surface area contributed by atoms with Crippen molar-refractivity contribution in [1.29, 1.82) is 0 Å². The van der Waals surface area contributed by atoms with Crippen LogP contribution in [-0.2, 0) is 26.2 Å². The zero-order valence-corrected chi connectivity index (χ0v) is 26.8. The number of carbonyl (C=O) groups is 2.